The molecular formula is C27H24N6O5. The maximum Gasteiger partial charge on any atom is 0.275 e. The summed E-state index contributed by atoms with van der Waals surface area (Å²) in [6, 6.07) is 19.6. The highest BCUT2D eigenvalue weighted by Gasteiger charge is 2.38. The first-order chi connectivity index (χ1) is 18.4. The third-order valence-corrected chi connectivity index (χ3v) is 6.20. The van der Waals surface area contributed by atoms with Gasteiger partial charge in [-0.15, -0.1) is 5.10 Å². The first-order valence-electron chi connectivity index (χ1n) is 11.7. The van der Waals surface area contributed by atoms with Crippen LogP contribution in [0, 0.1) is 10.1 Å². The molecule has 1 aliphatic heterocycles. The Morgan fingerprint density at radius 1 is 1.03 bits per heavy atom. The van der Waals surface area contributed by atoms with Crippen LogP contribution in [-0.2, 0) is 4.79 Å². The van der Waals surface area contributed by atoms with E-state index >= 15 is 0 Å². The number of hydrogen-bond acceptors (Lipinski definition) is 8. The molecule has 1 aliphatic rings. The average molecular weight is 513 g/mol. The maximum atomic E-state index is 13.6. The molecule has 0 radical (unpaired) electrons. The van der Waals surface area contributed by atoms with Gasteiger partial charge in [0.2, 0.25) is 5.95 Å². The lowest BCUT2D eigenvalue weighted by Crippen LogP contribution is -2.31. The minimum Gasteiger partial charge on any atom is -0.493 e. The molecule has 2 heterocycles. The molecule has 4 aromatic rings. The van der Waals surface area contributed by atoms with Gasteiger partial charge in [-0.2, -0.15) is 4.98 Å². The van der Waals surface area contributed by atoms with Gasteiger partial charge in [0.1, 0.15) is 6.04 Å². The van der Waals surface area contributed by atoms with Crippen molar-refractivity contribution in [2.45, 2.75) is 13.0 Å². The van der Waals surface area contributed by atoms with Gasteiger partial charge in [0, 0.05) is 23.0 Å². The van der Waals surface area contributed by atoms with Crippen LogP contribution in [0.5, 0.6) is 11.5 Å². The van der Waals surface area contributed by atoms with Gasteiger partial charge in [-0.3, -0.25) is 14.9 Å². The lowest BCUT2D eigenvalue weighted by molar-refractivity contribution is -0.385. The summed E-state index contributed by atoms with van der Waals surface area (Å²) >= 11 is 0. The number of amides is 1. The fraction of sp³-hybridized carbons (Fsp3) is 0.148. The third-order valence-electron chi connectivity index (χ3n) is 6.20. The zero-order valence-electron chi connectivity index (χ0n) is 20.8. The van der Waals surface area contributed by atoms with Gasteiger partial charge in [0.15, 0.2) is 17.3 Å². The van der Waals surface area contributed by atoms with E-state index < -0.39 is 16.9 Å². The summed E-state index contributed by atoms with van der Waals surface area (Å²) in [5.74, 6) is 1.31. The van der Waals surface area contributed by atoms with E-state index in [9.17, 15) is 14.9 Å². The maximum absolute atomic E-state index is 13.6. The molecule has 11 heteroatoms. The summed E-state index contributed by atoms with van der Waals surface area (Å²) in [5.41, 5.74) is 2.18. The topological polar surface area (TPSA) is 133 Å². The van der Waals surface area contributed by atoms with Crippen molar-refractivity contribution in [2.24, 2.45) is 0 Å². The van der Waals surface area contributed by atoms with E-state index in [0.717, 1.165) is 0 Å². The number of rotatable bonds is 7. The van der Waals surface area contributed by atoms with Crippen molar-refractivity contribution in [3.8, 4) is 22.9 Å². The standard InChI is InChI=1S/C27H24N6O5/c1-16-23(26(34)29-18-9-5-4-6-10-18)24(19-11-7-8-12-20(19)33(35)36)32-27(28-16)30-25(31-32)17-13-14-21(37-2)22(15-17)38-3/h4-15,24H,1-3H3,(H,29,34)(H,28,30,31). The summed E-state index contributed by atoms with van der Waals surface area (Å²) in [6.07, 6.45) is 0. The zero-order valence-corrected chi connectivity index (χ0v) is 20.8. The number of carbonyl (C=O) groups excluding carboxylic acids is 1. The molecule has 5 rings (SSSR count). The molecule has 0 fully saturated rings. The number of nitrogens with one attached hydrogen (secondary N) is 2. The second-order valence-electron chi connectivity index (χ2n) is 8.48. The van der Waals surface area contributed by atoms with Crippen molar-refractivity contribution in [1.82, 2.24) is 14.8 Å². The Kier molecular flexibility index (Phi) is 6.48. The SMILES string of the molecule is COc1ccc(-c2nc3n(n2)C(c2ccccc2[N+](=O)[O-])C(C(=O)Nc2ccccc2)=C(C)N3)cc1OC. The summed E-state index contributed by atoms with van der Waals surface area (Å²) in [7, 11) is 3.08. The van der Waals surface area contributed by atoms with Crippen LogP contribution >= 0.6 is 0 Å². The molecule has 1 aromatic heterocycles. The van der Waals surface area contributed by atoms with E-state index in [0.29, 0.717) is 45.8 Å². The Morgan fingerprint density at radius 2 is 1.74 bits per heavy atom. The highest BCUT2D eigenvalue weighted by molar-refractivity contribution is 6.06. The number of fused-ring (bicyclic) bond motifs is 1. The number of methoxy groups -OCH3 is 2. The van der Waals surface area contributed by atoms with E-state index in [1.165, 1.54) is 17.9 Å². The second kappa shape index (κ2) is 10.1. The van der Waals surface area contributed by atoms with Crippen molar-refractivity contribution in [3.05, 3.63) is 99.7 Å². The van der Waals surface area contributed by atoms with E-state index in [1.54, 1.807) is 74.7 Å². The van der Waals surface area contributed by atoms with Crippen molar-refractivity contribution in [1.29, 1.82) is 0 Å². The summed E-state index contributed by atoms with van der Waals surface area (Å²) in [5, 5.41) is 22.7. The Labute approximate surface area is 217 Å². The van der Waals surface area contributed by atoms with Crippen molar-refractivity contribution < 1.29 is 19.2 Å². The average Bonchev–Trinajstić information content (AvgIpc) is 3.36. The largest absolute Gasteiger partial charge is 0.493 e. The number of nitro groups is 1. The molecule has 0 saturated heterocycles. The molecule has 38 heavy (non-hydrogen) atoms. The number of para-hydroxylation sites is 2. The Balaban J connectivity index is 1.65. The summed E-state index contributed by atoms with van der Waals surface area (Å²) < 4.78 is 12.2. The molecule has 2 N–H and O–H groups in total. The van der Waals surface area contributed by atoms with Crippen molar-refractivity contribution in [2.75, 3.05) is 24.9 Å². The number of nitrogens with zero attached hydrogens (tertiary/aromatic N) is 4. The van der Waals surface area contributed by atoms with Crippen molar-refractivity contribution in [3.63, 3.8) is 0 Å². The van der Waals surface area contributed by atoms with Gasteiger partial charge in [-0.25, -0.2) is 4.68 Å². The second-order valence-corrected chi connectivity index (χ2v) is 8.48. The minimum absolute atomic E-state index is 0.133. The van der Waals surface area contributed by atoms with Gasteiger partial charge in [-0.1, -0.05) is 30.3 Å². The number of anilines is 2. The molecule has 0 aliphatic carbocycles. The van der Waals surface area contributed by atoms with E-state index in [1.807, 2.05) is 6.07 Å². The molecule has 1 atom stereocenters. The van der Waals surface area contributed by atoms with Crippen LogP contribution in [0.1, 0.15) is 18.5 Å². The fourth-order valence-electron chi connectivity index (χ4n) is 4.44. The molecule has 0 spiro atoms. The molecule has 0 saturated carbocycles. The summed E-state index contributed by atoms with van der Waals surface area (Å²) in [6.45, 7) is 1.73. The predicted molar refractivity (Wildman–Crippen MR) is 141 cm³/mol. The number of ether oxygens (including phenoxy) is 2. The van der Waals surface area contributed by atoms with Crippen LogP contribution in [0.15, 0.2) is 84.1 Å². The van der Waals surface area contributed by atoms with E-state index in [4.69, 9.17) is 14.6 Å². The van der Waals surface area contributed by atoms with E-state index in [2.05, 4.69) is 15.6 Å². The number of aromatic nitrogens is 3. The molecule has 1 unspecified atom stereocenters. The highest BCUT2D eigenvalue weighted by Crippen LogP contribution is 2.40. The first-order valence-corrected chi connectivity index (χ1v) is 11.7. The lowest BCUT2D eigenvalue weighted by Gasteiger charge is -2.28. The van der Waals surface area contributed by atoms with Gasteiger partial charge in [0.25, 0.3) is 11.6 Å². The Morgan fingerprint density at radius 3 is 2.45 bits per heavy atom. The monoisotopic (exact) mass is 512 g/mol. The number of carbonyl (C=O) groups is 1. The smallest absolute Gasteiger partial charge is 0.275 e. The predicted octanol–water partition coefficient (Wildman–Crippen LogP) is 4.80. The molecule has 1 amide bonds. The number of allylic oxidation sites excluding steroid dienone is 1. The number of nitro benzene ring substituents is 1. The number of benzene rings is 3. The van der Waals surface area contributed by atoms with Gasteiger partial charge in [-0.05, 0) is 43.3 Å². The molecule has 0 bridgehead atoms. The third kappa shape index (κ3) is 4.41. The van der Waals surface area contributed by atoms with Crippen LogP contribution in [-0.4, -0.2) is 39.8 Å². The Bertz CT molecular complexity index is 1560. The zero-order chi connectivity index (χ0) is 26.8. The van der Waals surface area contributed by atoms with Crippen LogP contribution in [0.2, 0.25) is 0 Å². The molecule has 11 nitrogen and oxygen atoms in total. The van der Waals surface area contributed by atoms with Crippen LogP contribution in [0.25, 0.3) is 11.4 Å². The van der Waals surface area contributed by atoms with Crippen molar-refractivity contribution >= 4 is 23.2 Å². The highest BCUT2D eigenvalue weighted by atomic mass is 16.6. The molecule has 192 valence electrons. The number of hydrogen-bond donors (Lipinski definition) is 2. The van der Waals surface area contributed by atoms with Gasteiger partial charge < -0.3 is 20.1 Å². The van der Waals surface area contributed by atoms with Gasteiger partial charge in [0.05, 0.1) is 30.3 Å². The first kappa shape index (κ1) is 24.5. The molecular weight excluding hydrogens is 488 g/mol. The molecule has 3 aromatic carbocycles. The minimum atomic E-state index is -0.919. The van der Waals surface area contributed by atoms with Crippen LogP contribution in [0.4, 0.5) is 17.3 Å². The lowest BCUT2D eigenvalue weighted by atomic mass is 9.93. The summed E-state index contributed by atoms with van der Waals surface area (Å²) in [4.78, 5) is 29.8. The van der Waals surface area contributed by atoms with Crippen LogP contribution in [0.3, 0.4) is 0 Å². The Hall–Kier alpha value is -5.19. The van der Waals surface area contributed by atoms with E-state index in [-0.39, 0.29) is 11.3 Å². The normalized spacial score (nSPS) is 14.3. The quantitative estimate of drug-likeness (QED) is 0.267. The van der Waals surface area contributed by atoms with Gasteiger partial charge >= 0.3 is 0 Å². The van der Waals surface area contributed by atoms with Crippen LogP contribution < -0.4 is 20.1 Å². The fourth-order valence-corrected chi connectivity index (χ4v) is 4.44.